The van der Waals surface area contributed by atoms with Crippen LogP contribution in [-0.4, -0.2) is 64.5 Å². The number of nitrogens with zero attached hydrogens (tertiary/aromatic N) is 7. The number of hydrogen-bond donors (Lipinski definition) is 1. The predicted molar refractivity (Wildman–Crippen MR) is 157 cm³/mol. The Bertz CT molecular complexity index is 1780. The van der Waals surface area contributed by atoms with E-state index in [9.17, 15) is 13.7 Å². The zero-order chi connectivity index (χ0) is 28.7. The van der Waals surface area contributed by atoms with Crippen LogP contribution < -0.4 is 10.6 Å². The molecule has 3 aromatic heterocycles. The summed E-state index contributed by atoms with van der Waals surface area (Å²) in [6, 6.07) is 16.1. The zero-order valence-electron chi connectivity index (χ0n) is 22.8. The Morgan fingerprint density at radius 1 is 1.07 bits per heavy atom. The van der Waals surface area contributed by atoms with Crippen molar-refractivity contribution in [1.29, 1.82) is 5.26 Å². The fourth-order valence-electron chi connectivity index (χ4n) is 5.85. The number of pyridine rings is 2. The molecule has 3 aliphatic heterocycles. The highest BCUT2D eigenvalue weighted by Crippen LogP contribution is 2.37. The summed E-state index contributed by atoms with van der Waals surface area (Å²) in [5.74, 6) is 0.882. The number of benzene rings is 1. The van der Waals surface area contributed by atoms with Gasteiger partial charge in [0, 0.05) is 92.1 Å². The number of nitriles is 1. The molecule has 41 heavy (non-hydrogen) atoms. The maximum atomic E-state index is 12.3. The number of nitrogens with two attached hydrogens (primary N) is 1. The van der Waals surface area contributed by atoms with Crippen LogP contribution in [0.1, 0.15) is 17.7 Å². The smallest absolute Gasteiger partial charge is 0.175 e. The van der Waals surface area contributed by atoms with Crippen LogP contribution in [0.3, 0.4) is 0 Å². The molecule has 1 aromatic carbocycles. The third-order valence-corrected chi connectivity index (χ3v) is 9.12. The summed E-state index contributed by atoms with van der Waals surface area (Å²) in [7, 11) is -1.42. The number of hydrogen-bond acceptors (Lipinski definition) is 9. The number of aromatic nitrogens is 4. The fraction of sp³-hybridized carbons (Fsp3) is 0.267. The van der Waals surface area contributed by atoms with E-state index < -0.39 is 9.84 Å². The summed E-state index contributed by atoms with van der Waals surface area (Å²) < 4.78 is 26.3. The SMILES string of the molecule is Cn1cc(-c2cnc(C(C#N)=CN)c(-c3ccc(N4CC5CC(C4)N5Cc4ccccc4S(C)(=O)=O)nc3)c2)cn1. The van der Waals surface area contributed by atoms with Crippen LogP contribution in [0.2, 0.25) is 0 Å². The predicted octanol–water partition coefficient (Wildman–Crippen LogP) is 3.23. The van der Waals surface area contributed by atoms with Crippen molar-refractivity contribution in [3.63, 3.8) is 0 Å². The summed E-state index contributed by atoms with van der Waals surface area (Å²) in [4.78, 5) is 14.5. The number of fused-ring (bicyclic) bond motifs is 2. The van der Waals surface area contributed by atoms with Gasteiger partial charge in [0.05, 0.1) is 22.4 Å². The molecule has 2 unspecified atom stereocenters. The molecule has 4 aromatic rings. The Morgan fingerprint density at radius 2 is 1.83 bits per heavy atom. The molecule has 2 N–H and O–H groups in total. The van der Waals surface area contributed by atoms with E-state index >= 15 is 0 Å². The maximum Gasteiger partial charge on any atom is 0.175 e. The standard InChI is InChI=1S/C30H30N8O2S/c1-36-16-24(15-35-36)22-9-27(30(34-14-22)23(11-31)12-32)20-7-8-29(33-13-20)37-18-25-10-26(19-37)38(25)17-21-5-3-4-6-28(21)41(2,39)40/h3-9,11,13-16,25-26H,10,17-19,31H2,1-2H3. The minimum Gasteiger partial charge on any atom is -0.403 e. The van der Waals surface area contributed by atoms with Crippen molar-refractivity contribution in [2.45, 2.75) is 29.9 Å². The molecule has 10 nitrogen and oxygen atoms in total. The van der Waals surface area contributed by atoms with Crippen molar-refractivity contribution in [3.8, 4) is 28.3 Å². The molecule has 208 valence electrons. The van der Waals surface area contributed by atoms with Gasteiger partial charge in [-0.1, -0.05) is 18.2 Å². The van der Waals surface area contributed by atoms with Gasteiger partial charge in [0.1, 0.15) is 11.9 Å². The fourth-order valence-corrected chi connectivity index (χ4v) is 6.79. The van der Waals surface area contributed by atoms with E-state index in [2.05, 4.69) is 26.0 Å². The third kappa shape index (κ3) is 5.08. The van der Waals surface area contributed by atoms with Gasteiger partial charge in [0.15, 0.2) is 9.84 Å². The van der Waals surface area contributed by atoms with Crippen molar-refractivity contribution < 1.29 is 8.42 Å². The van der Waals surface area contributed by atoms with Gasteiger partial charge in [-0.05, 0) is 36.2 Å². The number of rotatable bonds is 7. The topological polar surface area (TPSA) is 134 Å². The summed E-state index contributed by atoms with van der Waals surface area (Å²) in [6.07, 6.45) is 10.9. The minimum absolute atomic E-state index is 0.287. The highest BCUT2D eigenvalue weighted by molar-refractivity contribution is 7.90. The van der Waals surface area contributed by atoms with Crippen LogP contribution in [0.5, 0.6) is 0 Å². The molecule has 7 rings (SSSR count). The van der Waals surface area contributed by atoms with Crippen LogP contribution in [0, 0.1) is 11.3 Å². The van der Waals surface area contributed by atoms with E-state index in [0.29, 0.717) is 29.2 Å². The molecule has 3 saturated heterocycles. The Hall–Kier alpha value is -4.53. The van der Waals surface area contributed by atoms with Gasteiger partial charge in [0.2, 0.25) is 0 Å². The van der Waals surface area contributed by atoms with Crippen LogP contribution in [-0.2, 0) is 23.4 Å². The average Bonchev–Trinajstić information content (AvgIpc) is 3.42. The Balaban J connectivity index is 1.22. The van der Waals surface area contributed by atoms with Crippen LogP contribution in [0.4, 0.5) is 5.82 Å². The van der Waals surface area contributed by atoms with E-state index in [1.54, 1.807) is 29.2 Å². The first kappa shape index (κ1) is 26.7. The molecule has 11 heteroatoms. The van der Waals surface area contributed by atoms with E-state index in [0.717, 1.165) is 53.1 Å². The van der Waals surface area contributed by atoms with Crippen molar-refractivity contribution in [1.82, 2.24) is 24.6 Å². The molecular formula is C30H30N8O2S. The highest BCUT2D eigenvalue weighted by Gasteiger charge is 2.45. The summed E-state index contributed by atoms with van der Waals surface area (Å²) in [6.45, 7) is 2.26. The average molecular weight is 567 g/mol. The van der Waals surface area contributed by atoms with Gasteiger partial charge >= 0.3 is 0 Å². The van der Waals surface area contributed by atoms with Crippen LogP contribution in [0.25, 0.3) is 27.8 Å². The van der Waals surface area contributed by atoms with Gasteiger partial charge in [0.25, 0.3) is 0 Å². The molecule has 6 heterocycles. The van der Waals surface area contributed by atoms with E-state index in [-0.39, 0.29) is 5.57 Å². The lowest BCUT2D eigenvalue weighted by Crippen LogP contribution is -2.68. The van der Waals surface area contributed by atoms with Crippen LogP contribution in [0.15, 0.2) is 78.3 Å². The van der Waals surface area contributed by atoms with Crippen molar-refractivity contribution >= 4 is 21.2 Å². The molecule has 2 bridgehead atoms. The second-order valence-corrected chi connectivity index (χ2v) is 12.6. The number of aryl methyl sites for hydroxylation is 1. The number of piperazine rings is 1. The monoisotopic (exact) mass is 566 g/mol. The summed E-state index contributed by atoms with van der Waals surface area (Å²) in [5.41, 5.74) is 10.8. The molecular weight excluding hydrogens is 536 g/mol. The molecule has 3 fully saturated rings. The lowest BCUT2D eigenvalue weighted by atomic mass is 9.86. The quantitative estimate of drug-likeness (QED) is 0.335. The molecule has 0 radical (unpaired) electrons. The van der Waals surface area contributed by atoms with Gasteiger partial charge in [-0.15, -0.1) is 0 Å². The van der Waals surface area contributed by atoms with Gasteiger partial charge in [-0.2, -0.15) is 10.4 Å². The van der Waals surface area contributed by atoms with Gasteiger partial charge in [-0.25, -0.2) is 13.4 Å². The Labute approximate surface area is 239 Å². The van der Waals surface area contributed by atoms with Crippen molar-refractivity contribution in [2.75, 3.05) is 24.2 Å². The first-order valence-corrected chi connectivity index (χ1v) is 15.2. The zero-order valence-corrected chi connectivity index (χ0v) is 23.7. The lowest BCUT2D eigenvalue weighted by Gasteiger charge is -2.56. The number of piperidine rings is 1. The van der Waals surface area contributed by atoms with Crippen molar-refractivity contribution in [2.24, 2.45) is 12.8 Å². The highest BCUT2D eigenvalue weighted by atomic mass is 32.2. The molecule has 0 aliphatic carbocycles. The van der Waals surface area contributed by atoms with E-state index in [1.807, 2.05) is 49.8 Å². The lowest BCUT2D eigenvalue weighted by molar-refractivity contribution is -0.00931. The Morgan fingerprint density at radius 3 is 2.46 bits per heavy atom. The summed E-state index contributed by atoms with van der Waals surface area (Å²) in [5, 5.41) is 13.9. The van der Waals surface area contributed by atoms with Gasteiger partial charge < -0.3 is 10.6 Å². The second kappa shape index (κ2) is 10.5. The molecule has 0 saturated carbocycles. The maximum absolute atomic E-state index is 12.3. The molecule has 0 spiro atoms. The largest absolute Gasteiger partial charge is 0.403 e. The molecule has 2 atom stereocenters. The minimum atomic E-state index is -3.28. The number of allylic oxidation sites excluding steroid dienone is 1. The second-order valence-electron chi connectivity index (χ2n) is 10.6. The molecule has 3 aliphatic rings. The van der Waals surface area contributed by atoms with E-state index in [1.165, 1.54) is 12.5 Å². The molecule has 0 amide bonds. The first-order chi connectivity index (χ1) is 19.7. The van der Waals surface area contributed by atoms with Crippen molar-refractivity contribution in [3.05, 3.63) is 84.7 Å². The normalized spacial score (nSPS) is 19.0. The van der Waals surface area contributed by atoms with Crippen LogP contribution >= 0.6 is 0 Å². The number of anilines is 1. The number of sulfone groups is 1. The first-order valence-electron chi connectivity index (χ1n) is 13.3. The third-order valence-electron chi connectivity index (χ3n) is 7.92. The van der Waals surface area contributed by atoms with Gasteiger partial charge in [-0.3, -0.25) is 14.6 Å². The van der Waals surface area contributed by atoms with E-state index in [4.69, 9.17) is 10.7 Å². The summed E-state index contributed by atoms with van der Waals surface area (Å²) >= 11 is 0. The Kier molecular flexibility index (Phi) is 6.81.